The van der Waals surface area contributed by atoms with E-state index in [1.807, 2.05) is 28.9 Å². The van der Waals surface area contributed by atoms with Gasteiger partial charge in [0.2, 0.25) is 0 Å². The molecule has 0 unspecified atom stereocenters. The van der Waals surface area contributed by atoms with Crippen molar-refractivity contribution < 1.29 is 9.15 Å². The Morgan fingerprint density at radius 1 is 1.22 bits per heavy atom. The molecule has 1 fully saturated rings. The van der Waals surface area contributed by atoms with Crippen molar-refractivity contribution in [2.24, 2.45) is 5.92 Å². The van der Waals surface area contributed by atoms with Crippen molar-refractivity contribution in [1.29, 1.82) is 0 Å². The number of aromatic nitrogens is 5. The summed E-state index contributed by atoms with van der Waals surface area (Å²) in [5, 5.41) is 13.8. The van der Waals surface area contributed by atoms with Gasteiger partial charge in [-0.3, -0.25) is 9.69 Å². The van der Waals surface area contributed by atoms with Crippen molar-refractivity contribution in [2.45, 2.75) is 71.8 Å². The Kier molecular flexibility index (Phi) is 7.29. The Morgan fingerprint density at radius 3 is 2.83 bits per heavy atom. The van der Waals surface area contributed by atoms with Gasteiger partial charge in [0, 0.05) is 24.2 Å². The zero-order chi connectivity index (χ0) is 25.1. The van der Waals surface area contributed by atoms with Gasteiger partial charge in [-0.1, -0.05) is 26.8 Å². The average molecular weight is 491 g/mol. The Morgan fingerprint density at radius 2 is 2.11 bits per heavy atom. The standard InChI is InChI=1S/C27H34N6O3/c1-4-19-9-10-24-20(13-19)14-21(27(34)28-24)15-32(16-22-7-5-11-35-22)25(18(2)3)26-29-30-31-33(26)17-23-8-6-12-36-23/h5,7,9-11,13-14,18,23,25H,4,6,8,12,15-17H2,1-3H3,(H,28,34)/t23-,25+/m1/s1. The first-order chi connectivity index (χ1) is 17.5. The van der Waals surface area contributed by atoms with Crippen molar-refractivity contribution in [2.75, 3.05) is 6.61 Å². The lowest BCUT2D eigenvalue weighted by Crippen LogP contribution is -2.35. The highest BCUT2D eigenvalue weighted by Gasteiger charge is 2.31. The first-order valence-corrected chi connectivity index (χ1v) is 12.8. The van der Waals surface area contributed by atoms with Crippen molar-refractivity contribution in [3.8, 4) is 0 Å². The highest BCUT2D eigenvalue weighted by atomic mass is 16.5. The summed E-state index contributed by atoms with van der Waals surface area (Å²) in [6, 6.07) is 11.9. The number of nitrogens with one attached hydrogen (secondary N) is 1. The number of rotatable bonds is 10. The molecule has 2 atom stereocenters. The fraction of sp³-hybridized carbons (Fsp3) is 0.481. The van der Waals surface area contributed by atoms with E-state index in [1.165, 1.54) is 5.56 Å². The Labute approximate surface area is 210 Å². The maximum Gasteiger partial charge on any atom is 0.252 e. The number of hydrogen-bond acceptors (Lipinski definition) is 7. The van der Waals surface area contributed by atoms with Gasteiger partial charge in [0.05, 0.1) is 31.5 Å². The highest BCUT2D eigenvalue weighted by molar-refractivity contribution is 5.79. The molecular formula is C27H34N6O3. The van der Waals surface area contributed by atoms with Gasteiger partial charge < -0.3 is 14.1 Å². The highest BCUT2D eigenvalue weighted by Crippen LogP contribution is 2.31. The zero-order valence-electron chi connectivity index (χ0n) is 21.2. The lowest BCUT2D eigenvalue weighted by molar-refractivity contribution is 0.0836. The van der Waals surface area contributed by atoms with Crippen LogP contribution in [0, 0.1) is 5.92 Å². The third-order valence-electron chi connectivity index (χ3n) is 6.96. The molecule has 0 radical (unpaired) electrons. The molecule has 0 aliphatic carbocycles. The van der Waals surface area contributed by atoms with E-state index in [1.54, 1.807) is 6.26 Å². The predicted molar refractivity (Wildman–Crippen MR) is 136 cm³/mol. The molecule has 4 aromatic rings. The van der Waals surface area contributed by atoms with E-state index in [0.717, 1.165) is 48.4 Å². The molecule has 0 bridgehead atoms. The summed E-state index contributed by atoms with van der Waals surface area (Å²) in [4.78, 5) is 18.4. The molecule has 1 aromatic carbocycles. The molecule has 1 saturated heterocycles. The molecule has 1 aliphatic heterocycles. The minimum Gasteiger partial charge on any atom is -0.468 e. The van der Waals surface area contributed by atoms with Gasteiger partial charge >= 0.3 is 0 Å². The van der Waals surface area contributed by atoms with Gasteiger partial charge in [0.25, 0.3) is 5.56 Å². The molecule has 5 rings (SSSR count). The van der Waals surface area contributed by atoms with Gasteiger partial charge in [-0.25, -0.2) is 4.68 Å². The maximum atomic E-state index is 13.1. The fourth-order valence-corrected chi connectivity index (χ4v) is 5.13. The van der Waals surface area contributed by atoms with Crippen LogP contribution in [0.25, 0.3) is 10.9 Å². The normalized spacial score (nSPS) is 17.0. The summed E-state index contributed by atoms with van der Waals surface area (Å²) in [7, 11) is 0. The van der Waals surface area contributed by atoms with Crippen molar-refractivity contribution in [1.82, 2.24) is 30.1 Å². The molecule has 36 heavy (non-hydrogen) atoms. The van der Waals surface area contributed by atoms with Gasteiger partial charge in [0.1, 0.15) is 5.76 Å². The molecule has 0 saturated carbocycles. The fourth-order valence-electron chi connectivity index (χ4n) is 5.13. The number of aryl methyl sites for hydroxylation is 1. The van der Waals surface area contributed by atoms with E-state index in [2.05, 4.69) is 58.3 Å². The topological polar surface area (TPSA) is 102 Å². The van der Waals surface area contributed by atoms with Crippen LogP contribution in [0.5, 0.6) is 0 Å². The number of hydrogen-bond donors (Lipinski definition) is 1. The van der Waals surface area contributed by atoms with Crippen LogP contribution in [0.1, 0.15) is 62.4 Å². The number of nitrogens with zero attached hydrogens (tertiary/aromatic N) is 5. The SMILES string of the molecule is CCc1ccc2[nH]c(=O)c(CN(Cc3ccco3)[C@H](c3nnnn3C[C@H]3CCCO3)C(C)C)cc2c1. The first-order valence-electron chi connectivity index (χ1n) is 12.8. The number of furan rings is 1. The molecule has 190 valence electrons. The zero-order valence-corrected chi connectivity index (χ0v) is 21.2. The molecule has 9 nitrogen and oxygen atoms in total. The second kappa shape index (κ2) is 10.8. The summed E-state index contributed by atoms with van der Waals surface area (Å²) >= 11 is 0. The molecule has 9 heteroatoms. The number of aromatic amines is 1. The Balaban J connectivity index is 1.51. The third kappa shape index (κ3) is 5.27. The van der Waals surface area contributed by atoms with E-state index in [9.17, 15) is 4.79 Å². The summed E-state index contributed by atoms with van der Waals surface area (Å²) in [5.74, 6) is 1.78. The van der Waals surface area contributed by atoms with Crippen LogP contribution in [0.4, 0.5) is 0 Å². The van der Waals surface area contributed by atoms with Crippen LogP contribution in [0.15, 0.2) is 51.9 Å². The number of H-pyrrole nitrogens is 1. The minimum absolute atomic E-state index is 0.0855. The molecule has 4 heterocycles. The lowest BCUT2D eigenvalue weighted by atomic mass is 10.00. The van der Waals surface area contributed by atoms with Crippen LogP contribution in [0.2, 0.25) is 0 Å². The summed E-state index contributed by atoms with van der Waals surface area (Å²) in [5.41, 5.74) is 2.70. The molecule has 3 aromatic heterocycles. The van der Waals surface area contributed by atoms with Crippen molar-refractivity contribution >= 4 is 10.9 Å². The number of fused-ring (bicyclic) bond motifs is 1. The number of pyridine rings is 1. The minimum atomic E-state index is -0.136. The van der Waals surface area contributed by atoms with E-state index >= 15 is 0 Å². The van der Waals surface area contributed by atoms with Gasteiger partial charge in [-0.05, 0) is 76.9 Å². The van der Waals surface area contributed by atoms with Crippen molar-refractivity contribution in [3.05, 3.63) is 75.7 Å². The van der Waals surface area contributed by atoms with Crippen LogP contribution in [-0.4, -0.2) is 42.8 Å². The van der Waals surface area contributed by atoms with E-state index in [4.69, 9.17) is 9.15 Å². The van der Waals surface area contributed by atoms with Crippen molar-refractivity contribution in [3.63, 3.8) is 0 Å². The van der Waals surface area contributed by atoms with E-state index < -0.39 is 0 Å². The molecule has 1 aliphatic rings. The summed E-state index contributed by atoms with van der Waals surface area (Å²) in [6.07, 6.45) is 4.81. The van der Waals surface area contributed by atoms with Gasteiger partial charge in [-0.2, -0.15) is 0 Å². The molecule has 0 amide bonds. The van der Waals surface area contributed by atoms with Crippen LogP contribution < -0.4 is 5.56 Å². The second-order valence-corrected chi connectivity index (χ2v) is 9.93. The van der Waals surface area contributed by atoms with E-state index in [-0.39, 0.29) is 23.6 Å². The van der Waals surface area contributed by atoms with Crippen LogP contribution in [0.3, 0.4) is 0 Å². The summed E-state index contributed by atoms with van der Waals surface area (Å²) in [6.45, 7) is 8.80. The third-order valence-corrected chi connectivity index (χ3v) is 6.96. The monoisotopic (exact) mass is 490 g/mol. The quantitative estimate of drug-likeness (QED) is 0.355. The van der Waals surface area contributed by atoms with Crippen LogP contribution in [-0.2, 0) is 30.8 Å². The average Bonchev–Trinajstić information content (AvgIpc) is 3.64. The number of tetrazole rings is 1. The summed E-state index contributed by atoms with van der Waals surface area (Å²) < 4.78 is 13.4. The predicted octanol–water partition coefficient (Wildman–Crippen LogP) is 4.25. The molecule has 0 spiro atoms. The molecular weight excluding hydrogens is 456 g/mol. The maximum absolute atomic E-state index is 13.1. The Bertz CT molecular complexity index is 1340. The van der Waals surface area contributed by atoms with Crippen LogP contribution >= 0.6 is 0 Å². The Hall–Kier alpha value is -3.30. The number of benzene rings is 1. The molecule has 1 N–H and O–H groups in total. The second-order valence-electron chi connectivity index (χ2n) is 9.93. The largest absolute Gasteiger partial charge is 0.468 e. The van der Waals surface area contributed by atoms with Gasteiger partial charge in [-0.15, -0.1) is 5.10 Å². The smallest absolute Gasteiger partial charge is 0.252 e. The van der Waals surface area contributed by atoms with Gasteiger partial charge in [0.15, 0.2) is 5.82 Å². The van der Waals surface area contributed by atoms with E-state index in [0.29, 0.717) is 25.2 Å². The first kappa shape index (κ1) is 24.4. The lowest BCUT2D eigenvalue weighted by Gasteiger charge is -2.33. The number of ether oxygens (including phenoxy) is 1.